The molecule has 94 valence electrons. The average molecular weight is 289 g/mol. The van der Waals surface area contributed by atoms with Gasteiger partial charge in [0.2, 0.25) is 0 Å². The molecule has 0 bridgehead atoms. The van der Waals surface area contributed by atoms with Crippen LogP contribution in [0.1, 0.15) is 0 Å². The molecule has 0 radical (unpaired) electrons. The van der Waals surface area contributed by atoms with Crippen molar-refractivity contribution in [2.45, 2.75) is 0 Å². The number of halogens is 1. The third-order valence-corrected chi connectivity index (χ3v) is 3.89. The summed E-state index contributed by atoms with van der Waals surface area (Å²) in [6.45, 7) is 0. The van der Waals surface area contributed by atoms with Gasteiger partial charge in [0, 0.05) is 16.5 Å². The van der Waals surface area contributed by atoms with Crippen molar-refractivity contribution in [1.82, 2.24) is 0 Å². The molecule has 3 rings (SSSR count). The molecule has 3 aromatic rings. The van der Waals surface area contributed by atoms with E-state index in [2.05, 4.69) is 24.3 Å². The molecule has 0 atom stereocenters. The van der Waals surface area contributed by atoms with Crippen LogP contribution in [0.4, 0.5) is 4.79 Å². The van der Waals surface area contributed by atoms with Crippen molar-refractivity contribution in [3.8, 4) is 15.5 Å². The van der Waals surface area contributed by atoms with Crippen LogP contribution in [0.3, 0.4) is 0 Å². The molecule has 0 aliphatic heterocycles. The molecule has 2 aromatic carbocycles. The van der Waals surface area contributed by atoms with E-state index in [1.54, 1.807) is 6.07 Å². The van der Waals surface area contributed by atoms with Crippen molar-refractivity contribution in [2.75, 3.05) is 0 Å². The SMILES string of the molecule is O=C(Cl)Oc1ccc(-c2cccc3ccccc23)s1. The topological polar surface area (TPSA) is 26.3 Å². The predicted octanol–water partition coefficient (Wildman–Crippen LogP) is 5.31. The Bertz CT molecular complexity index is 743. The van der Waals surface area contributed by atoms with Crippen LogP contribution >= 0.6 is 22.9 Å². The molecular formula is C15H9ClO2S. The van der Waals surface area contributed by atoms with Crippen molar-refractivity contribution < 1.29 is 9.53 Å². The highest BCUT2D eigenvalue weighted by molar-refractivity contribution is 7.17. The Balaban J connectivity index is 2.09. The van der Waals surface area contributed by atoms with Crippen molar-refractivity contribution in [2.24, 2.45) is 0 Å². The summed E-state index contributed by atoms with van der Waals surface area (Å²) in [6.07, 6.45) is 0. The van der Waals surface area contributed by atoms with E-state index in [4.69, 9.17) is 16.3 Å². The Hall–Kier alpha value is -1.84. The number of ether oxygens (including phenoxy) is 1. The van der Waals surface area contributed by atoms with Crippen LogP contribution in [0, 0.1) is 0 Å². The molecule has 0 N–H and O–H groups in total. The van der Waals surface area contributed by atoms with E-state index >= 15 is 0 Å². The molecule has 4 heteroatoms. The summed E-state index contributed by atoms with van der Waals surface area (Å²) in [5, 5.41) is 2.86. The number of thiophene rings is 1. The summed E-state index contributed by atoms with van der Waals surface area (Å²) in [4.78, 5) is 11.8. The lowest BCUT2D eigenvalue weighted by Gasteiger charge is -2.03. The highest BCUT2D eigenvalue weighted by Gasteiger charge is 2.08. The normalized spacial score (nSPS) is 10.6. The molecule has 19 heavy (non-hydrogen) atoms. The zero-order chi connectivity index (χ0) is 13.2. The van der Waals surface area contributed by atoms with E-state index in [1.807, 2.05) is 24.3 Å². The molecule has 0 saturated carbocycles. The summed E-state index contributed by atoms with van der Waals surface area (Å²) in [5.74, 6) is 0. The minimum absolute atomic E-state index is 0.503. The second-order valence-corrected chi connectivity index (χ2v) is 5.34. The summed E-state index contributed by atoms with van der Waals surface area (Å²) in [6, 6.07) is 18.0. The highest BCUT2D eigenvalue weighted by Crippen LogP contribution is 2.36. The van der Waals surface area contributed by atoms with E-state index < -0.39 is 5.43 Å². The van der Waals surface area contributed by atoms with Gasteiger partial charge in [0.05, 0.1) is 0 Å². The van der Waals surface area contributed by atoms with Gasteiger partial charge < -0.3 is 4.74 Å². The van der Waals surface area contributed by atoms with Crippen LogP contribution in [0.2, 0.25) is 0 Å². The molecule has 0 unspecified atom stereocenters. The zero-order valence-electron chi connectivity index (χ0n) is 9.80. The number of fused-ring (bicyclic) bond motifs is 1. The standard InChI is InChI=1S/C15H9ClO2S/c16-15(17)18-14-9-8-13(19-14)12-7-3-5-10-4-1-2-6-11(10)12/h1-9H. The first-order valence-electron chi connectivity index (χ1n) is 5.69. The fraction of sp³-hybridized carbons (Fsp3) is 0. The number of hydrogen-bond acceptors (Lipinski definition) is 3. The van der Waals surface area contributed by atoms with Crippen LogP contribution in [0.5, 0.6) is 5.06 Å². The first-order chi connectivity index (χ1) is 9.24. The molecule has 0 aliphatic carbocycles. The third kappa shape index (κ3) is 2.48. The van der Waals surface area contributed by atoms with Crippen molar-refractivity contribution in [3.63, 3.8) is 0 Å². The van der Waals surface area contributed by atoms with Crippen LogP contribution in [0.15, 0.2) is 54.6 Å². The average Bonchev–Trinajstić information content (AvgIpc) is 2.85. The minimum atomic E-state index is -0.814. The van der Waals surface area contributed by atoms with E-state index in [0.717, 1.165) is 10.4 Å². The lowest BCUT2D eigenvalue weighted by Crippen LogP contribution is -1.92. The Morgan fingerprint density at radius 3 is 2.63 bits per heavy atom. The minimum Gasteiger partial charge on any atom is -0.403 e. The quantitative estimate of drug-likeness (QED) is 0.598. The first kappa shape index (κ1) is 12.2. The van der Waals surface area contributed by atoms with Gasteiger partial charge in [-0.15, -0.1) is 0 Å². The summed E-state index contributed by atoms with van der Waals surface area (Å²) in [5.41, 5.74) is 0.311. The van der Waals surface area contributed by atoms with Gasteiger partial charge in [-0.2, -0.15) is 0 Å². The number of carbonyl (C=O) groups is 1. The number of hydrogen-bond donors (Lipinski definition) is 0. The monoisotopic (exact) mass is 288 g/mol. The van der Waals surface area contributed by atoms with E-state index in [0.29, 0.717) is 5.06 Å². The Kier molecular flexibility index (Phi) is 3.23. The van der Waals surface area contributed by atoms with Gasteiger partial charge in [0.15, 0.2) is 5.06 Å². The number of benzene rings is 2. The molecule has 1 heterocycles. The molecule has 0 fully saturated rings. The van der Waals surface area contributed by atoms with Gasteiger partial charge >= 0.3 is 5.43 Å². The largest absolute Gasteiger partial charge is 0.409 e. The molecule has 0 aliphatic rings. The third-order valence-electron chi connectivity index (χ3n) is 2.82. The van der Waals surface area contributed by atoms with Gasteiger partial charge in [-0.3, -0.25) is 0 Å². The predicted molar refractivity (Wildman–Crippen MR) is 79.1 cm³/mol. The summed E-state index contributed by atoms with van der Waals surface area (Å²) in [7, 11) is 0. The van der Waals surface area contributed by atoms with Gasteiger partial charge in [0.1, 0.15) is 0 Å². The molecule has 0 spiro atoms. The first-order valence-corrected chi connectivity index (χ1v) is 6.89. The fourth-order valence-electron chi connectivity index (χ4n) is 2.04. The maximum Gasteiger partial charge on any atom is 0.409 e. The van der Waals surface area contributed by atoms with E-state index in [1.165, 1.54) is 22.1 Å². The summed E-state index contributed by atoms with van der Waals surface area (Å²) < 4.78 is 4.87. The van der Waals surface area contributed by atoms with Gasteiger partial charge in [0.25, 0.3) is 0 Å². The van der Waals surface area contributed by atoms with Crippen LogP contribution < -0.4 is 4.74 Å². The van der Waals surface area contributed by atoms with Crippen molar-refractivity contribution in [3.05, 3.63) is 54.6 Å². The summed E-state index contributed by atoms with van der Waals surface area (Å²) >= 11 is 6.61. The van der Waals surface area contributed by atoms with Gasteiger partial charge in [-0.05, 0) is 28.5 Å². The van der Waals surface area contributed by atoms with Gasteiger partial charge in [-0.1, -0.05) is 53.8 Å². The van der Waals surface area contributed by atoms with E-state index in [-0.39, 0.29) is 0 Å². The molecule has 0 amide bonds. The lowest BCUT2D eigenvalue weighted by atomic mass is 10.0. The fourth-order valence-corrected chi connectivity index (χ4v) is 3.06. The Morgan fingerprint density at radius 2 is 1.79 bits per heavy atom. The highest BCUT2D eigenvalue weighted by atomic mass is 35.5. The molecule has 1 aromatic heterocycles. The van der Waals surface area contributed by atoms with Crippen molar-refractivity contribution in [1.29, 1.82) is 0 Å². The Morgan fingerprint density at radius 1 is 1.00 bits per heavy atom. The van der Waals surface area contributed by atoms with Crippen molar-refractivity contribution >= 4 is 39.1 Å². The molecular weight excluding hydrogens is 280 g/mol. The molecule has 2 nitrogen and oxygen atoms in total. The number of carbonyl (C=O) groups excluding carboxylic acids is 1. The zero-order valence-corrected chi connectivity index (χ0v) is 11.4. The lowest BCUT2D eigenvalue weighted by molar-refractivity contribution is 0.227. The number of rotatable bonds is 2. The second kappa shape index (κ2) is 5.03. The maximum atomic E-state index is 10.7. The van der Waals surface area contributed by atoms with Crippen LogP contribution in [0.25, 0.3) is 21.2 Å². The second-order valence-electron chi connectivity index (χ2n) is 3.99. The molecule has 0 saturated heterocycles. The maximum absolute atomic E-state index is 10.7. The van der Waals surface area contributed by atoms with Crippen LogP contribution in [-0.4, -0.2) is 5.43 Å². The van der Waals surface area contributed by atoms with Crippen LogP contribution in [-0.2, 0) is 0 Å². The smallest absolute Gasteiger partial charge is 0.403 e. The van der Waals surface area contributed by atoms with Gasteiger partial charge in [-0.25, -0.2) is 4.79 Å². The Labute approximate surface area is 119 Å². The van der Waals surface area contributed by atoms with E-state index in [9.17, 15) is 4.79 Å².